The Hall–Kier alpha value is -14.3. The minimum absolute atomic E-state index is 0.000854. The van der Waals surface area contributed by atoms with Crippen LogP contribution in [-0.2, 0) is 41.7 Å². The molecule has 4 aliphatic rings. The molecule has 0 spiro atoms. The third-order valence-corrected chi connectivity index (χ3v) is 22.5. The van der Waals surface area contributed by atoms with Gasteiger partial charge in [-0.1, -0.05) is 76.2 Å². The number of halogens is 1. The summed E-state index contributed by atoms with van der Waals surface area (Å²) in [6.07, 6.45) is 4.19. The number of fused-ring (bicyclic) bond motifs is 6. The molecule has 4 fully saturated rings. The van der Waals surface area contributed by atoms with Crippen LogP contribution in [0.25, 0.3) is 101 Å². The molecule has 14 aromatic rings. The van der Waals surface area contributed by atoms with Gasteiger partial charge < -0.3 is 73.3 Å². The van der Waals surface area contributed by atoms with Gasteiger partial charge in [-0.15, -0.1) is 0 Å². The third-order valence-electron chi connectivity index (χ3n) is 22.5. The summed E-state index contributed by atoms with van der Waals surface area (Å²) in [5.41, 5.74) is 9.38. The van der Waals surface area contributed by atoms with Gasteiger partial charge in [0.05, 0.1) is 68.2 Å². The van der Waals surface area contributed by atoms with Gasteiger partial charge in [0.1, 0.15) is 45.5 Å². The number of esters is 2. The fourth-order valence-corrected chi connectivity index (χ4v) is 15.8. The first-order valence-electron chi connectivity index (χ1n) is 43.3. The summed E-state index contributed by atoms with van der Waals surface area (Å²) in [4.78, 5) is 113. The van der Waals surface area contributed by atoms with Crippen LogP contribution >= 0.6 is 0 Å². The smallest absolute Gasteiger partial charge is 0.348 e. The molecule has 0 unspecified atom stereocenters. The highest BCUT2D eigenvalue weighted by atomic mass is 19.1. The number of amides is 1. The Bertz CT molecular complexity index is 6490. The van der Waals surface area contributed by atoms with E-state index in [0.717, 1.165) is 49.1 Å². The Morgan fingerprint density at radius 1 is 0.504 bits per heavy atom. The first-order chi connectivity index (χ1) is 63.0. The standard InChI is InChI=1S/C46H47N9O8.C24H22N4O6.C22H27N5O3.CH3F/c1-28(2)34-25-35(37(57)26-36(34)56)43-50-51-46(60)55(43)31-13-11-29(12-14-31)27-52-16-18-53(19-17-52)38(58)9-4-10-39(59)62-32-7-3-6-30(24-32)42-48-40-33-8-5-15-47-45(33)63-41(40)44(49-42)54-20-22-61-23-21-54;29-18(30)7-2-8-19(31)33-16-5-1-4-15(14-16)22-26-20-17-6-3-9-25-24(17)34-21(20)23(27-22)28-10-12-32-13-11-28;1-14(2)17-11-18(20(29)12-19(17)28)21-24-25-22(30)27(21)16-5-3-15(4-6-16)13-26-9-7-23-8-10-26;1-2/h3,5-8,11-15,24-26,28,56-57H,4,9-10,16-23,27H2,1-2H3,(H,51,60);1,3-6,9,14H,2,7-8,10-13H2,(H,29,30);3-6,11-12,14,23,28-29H,7-10,13H2,1-2H3,(H,25,30);1H3/i;;;1D. The van der Waals surface area contributed by atoms with Gasteiger partial charge in [-0.05, 0) is 132 Å². The number of nitrogens with zero attached hydrogens (tertiary/aromatic N) is 15. The number of aromatic hydroxyl groups is 4. The molecular weight excluding hydrogens is 1660 g/mol. The number of ether oxygens (including phenoxy) is 4. The number of H-pyrrole nitrogens is 2. The highest BCUT2D eigenvalue weighted by Gasteiger charge is 2.30. The molecule has 0 saturated carbocycles. The highest BCUT2D eigenvalue weighted by Crippen LogP contribution is 2.42. The number of carbonyl (C=O) groups excluding carboxylic acids is 3. The van der Waals surface area contributed by atoms with E-state index in [4.69, 9.17) is 54.2 Å². The average molecular weight is 1760 g/mol. The number of morpholine rings is 2. The second-order valence-corrected chi connectivity index (χ2v) is 31.9. The Kier molecular flexibility index (Phi) is 28.0. The zero-order valence-corrected chi connectivity index (χ0v) is 71.6. The molecule has 35 nitrogen and oxygen atoms in total. The highest BCUT2D eigenvalue weighted by molar-refractivity contribution is 6.06. The molecule has 6 aromatic carbocycles. The van der Waals surface area contributed by atoms with Crippen molar-refractivity contribution in [1.29, 1.82) is 0 Å². The zero-order chi connectivity index (χ0) is 91.1. The topological polar surface area (TPSA) is 440 Å². The minimum Gasteiger partial charge on any atom is -0.508 e. The number of furan rings is 2. The molecule has 8 aromatic heterocycles. The van der Waals surface area contributed by atoms with Gasteiger partial charge in [0.25, 0.3) is 0 Å². The Morgan fingerprint density at radius 3 is 1.36 bits per heavy atom. The molecule has 1 amide bonds. The molecule has 12 heterocycles. The summed E-state index contributed by atoms with van der Waals surface area (Å²) in [7, 11) is -1.00. The number of aliphatic carboxylic acids is 1. The van der Waals surface area contributed by atoms with E-state index >= 15 is 0 Å². The lowest BCUT2D eigenvalue weighted by molar-refractivity contribution is -0.138. The summed E-state index contributed by atoms with van der Waals surface area (Å²) in [5, 5.41) is 68.4. The lowest BCUT2D eigenvalue weighted by Gasteiger charge is -2.34. The van der Waals surface area contributed by atoms with E-state index in [9.17, 15) is 53.6 Å². The van der Waals surface area contributed by atoms with Crippen LogP contribution in [0, 0.1) is 0 Å². The fourth-order valence-electron chi connectivity index (χ4n) is 15.8. The van der Waals surface area contributed by atoms with E-state index in [1.54, 1.807) is 60.9 Å². The van der Waals surface area contributed by atoms with Crippen molar-refractivity contribution in [1.82, 2.24) is 79.4 Å². The number of hydrogen-bond donors (Lipinski definition) is 8. The van der Waals surface area contributed by atoms with Gasteiger partial charge in [0.2, 0.25) is 17.3 Å². The number of carboxylic acid groups (broad SMARTS) is 1. The zero-order valence-electron chi connectivity index (χ0n) is 72.6. The van der Waals surface area contributed by atoms with Crippen molar-refractivity contribution in [3.05, 3.63) is 201 Å². The van der Waals surface area contributed by atoms with Crippen molar-refractivity contribution in [2.24, 2.45) is 0 Å². The number of piperazine rings is 2. The van der Waals surface area contributed by atoms with Crippen molar-refractivity contribution >= 4 is 79.8 Å². The van der Waals surface area contributed by atoms with Crippen molar-refractivity contribution in [2.75, 3.05) is 122 Å². The summed E-state index contributed by atoms with van der Waals surface area (Å²) >= 11 is 0. The van der Waals surface area contributed by atoms with Gasteiger partial charge in [0.15, 0.2) is 46.1 Å². The van der Waals surface area contributed by atoms with E-state index < -0.39 is 36.4 Å². The second-order valence-electron chi connectivity index (χ2n) is 31.9. The first-order valence-corrected chi connectivity index (χ1v) is 42.6. The van der Waals surface area contributed by atoms with Crippen LogP contribution in [0.1, 0.15) is 102 Å². The monoisotopic (exact) mass is 1760 g/mol. The molecule has 0 atom stereocenters. The predicted molar refractivity (Wildman–Crippen MR) is 479 cm³/mol. The van der Waals surface area contributed by atoms with Crippen LogP contribution in [0.4, 0.5) is 16.0 Å². The number of aromatic amines is 2. The van der Waals surface area contributed by atoms with E-state index in [-0.39, 0.29) is 78.7 Å². The number of benzene rings is 6. The van der Waals surface area contributed by atoms with Crippen molar-refractivity contribution in [3.63, 3.8) is 0 Å². The molecule has 18 rings (SSSR count). The maximum Gasteiger partial charge on any atom is 0.348 e. The molecule has 36 heteroatoms. The van der Waals surface area contributed by atoms with E-state index in [1.165, 1.54) is 26.8 Å². The van der Waals surface area contributed by atoms with Gasteiger partial charge in [-0.2, -0.15) is 10.2 Å². The average Bonchev–Trinajstić information content (AvgIpc) is 1.60. The molecule has 4 aliphatic heterocycles. The Labute approximate surface area is 739 Å². The van der Waals surface area contributed by atoms with Gasteiger partial charge in [-0.3, -0.25) is 33.4 Å². The van der Waals surface area contributed by atoms with E-state index in [1.807, 2.05) is 118 Å². The van der Waals surface area contributed by atoms with Crippen LogP contribution in [0.3, 0.4) is 0 Å². The minimum atomic E-state index is -1.00. The van der Waals surface area contributed by atoms with Crippen LogP contribution in [0.15, 0.2) is 176 Å². The van der Waals surface area contributed by atoms with Crippen LogP contribution in [0.2, 0.25) is 0 Å². The number of anilines is 2. The van der Waals surface area contributed by atoms with E-state index in [0.29, 0.717) is 211 Å². The van der Waals surface area contributed by atoms with Crippen LogP contribution in [-0.4, -0.2) is 236 Å². The van der Waals surface area contributed by atoms with Gasteiger partial charge in [-0.25, -0.2) is 58.8 Å². The largest absolute Gasteiger partial charge is 0.508 e. The number of carboxylic acids is 1. The number of nitrogens with one attached hydrogen (secondary N) is 3. The number of rotatable bonds is 24. The Balaban J connectivity index is 0.000000162. The van der Waals surface area contributed by atoms with Gasteiger partial charge in [0, 0.05) is 153 Å². The second kappa shape index (κ2) is 41.0. The summed E-state index contributed by atoms with van der Waals surface area (Å²) in [5.74, 6) is 1.34. The maximum atomic E-state index is 13.2. The first kappa shape index (κ1) is 88.1. The molecular formula is C93H99FN18O17. The van der Waals surface area contributed by atoms with Crippen molar-refractivity contribution in [2.45, 2.75) is 91.1 Å². The molecule has 4 saturated heterocycles. The molecule has 0 aliphatic carbocycles. The summed E-state index contributed by atoms with van der Waals surface area (Å²) < 4.78 is 52.7. The Morgan fingerprint density at radius 2 is 0.930 bits per heavy atom. The molecule has 0 bridgehead atoms. The number of aromatic nitrogens is 12. The van der Waals surface area contributed by atoms with Crippen molar-refractivity contribution in [3.8, 4) is 91.4 Å². The lowest BCUT2D eigenvalue weighted by atomic mass is 9.98. The number of alkyl halides is 1. The molecule has 8 N–H and O–H groups in total. The number of phenols is 4. The normalized spacial score (nSPS) is 14.6. The van der Waals surface area contributed by atoms with E-state index in [2.05, 4.69) is 55.3 Å². The number of phenolic OH excluding ortho intramolecular Hbond substituents is 4. The van der Waals surface area contributed by atoms with Crippen LogP contribution in [0.5, 0.6) is 34.5 Å². The fraction of sp³-hybridized carbons (Fsp3) is 0.333. The quantitative estimate of drug-likeness (QED) is 0.0206. The van der Waals surface area contributed by atoms with Crippen molar-refractivity contribution < 1.29 is 78.3 Å². The maximum absolute atomic E-state index is 13.2. The lowest BCUT2D eigenvalue weighted by Crippen LogP contribution is -2.48. The van der Waals surface area contributed by atoms with Gasteiger partial charge >= 0.3 is 29.3 Å². The summed E-state index contributed by atoms with van der Waals surface area (Å²) in [6, 6.07) is 42.8. The number of carbonyl (C=O) groups is 4. The summed E-state index contributed by atoms with van der Waals surface area (Å²) in [6.45, 7) is 20.8. The number of pyridine rings is 2. The number of hydrogen-bond acceptors (Lipinski definition) is 29. The SMILES string of the molecule is CC(C)c1cc(-c2n[nH]c(=O)n2-c2ccc(CN3CCN(C(=O)CCCC(=O)Oc4cccc(-c5nc(N6CCOCC6)c6oc7ncccc7c6n5)c4)CC3)cc2)c(O)cc1O.CC(C)c1cc(-c2n[nH]c(=O)n2-c2ccc(CN3CCNCC3)cc2)c(O)cc1O.O=C(O)CCCC(=O)Oc1cccc(-c2nc(N3CCOCC3)c3oc4ncccc4c3n2)c1.[2H]CF. The molecule has 670 valence electrons. The molecule has 0 radical (unpaired) electrons. The molecule has 129 heavy (non-hydrogen) atoms. The predicted octanol–water partition coefficient (Wildman–Crippen LogP) is 12.0. The third kappa shape index (κ3) is 21.0. The van der Waals surface area contributed by atoms with Crippen LogP contribution < -0.4 is 36.0 Å².